The zero-order chi connectivity index (χ0) is 13.8. The van der Waals surface area contributed by atoms with Crippen molar-refractivity contribution in [2.75, 3.05) is 18.3 Å². The third kappa shape index (κ3) is 4.51. The number of rotatable bonds is 7. The summed E-state index contributed by atoms with van der Waals surface area (Å²) in [5, 5.41) is 11.3. The quantitative estimate of drug-likeness (QED) is 0.786. The van der Waals surface area contributed by atoms with Crippen LogP contribution in [0, 0.1) is 5.92 Å². The number of anilines is 1. The summed E-state index contributed by atoms with van der Waals surface area (Å²) in [7, 11) is -1.68. The van der Waals surface area contributed by atoms with E-state index in [1.807, 2.05) is 0 Å². The molecule has 0 amide bonds. The molecule has 1 atom stereocenters. The molecular weight excluding hydrogens is 272 g/mol. The second-order valence-corrected chi connectivity index (χ2v) is 7.78. The van der Waals surface area contributed by atoms with Crippen LogP contribution in [0.4, 0.5) is 5.13 Å². The second kappa shape index (κ2) is 6.44. The predicted octanol–water partition coefficient (Wildman–Crippen LogP) is 1.09. The fraction of sp³-hybridized carbons (Fsp3) is 0.800. The highest BCUT2D eigenvalue weighted by atomic mass is 32.2. The molecular formula is C10H20N4O2S2. The molecule has 0 saturated heterocycles. The van der Waals surface area contributed by atoms with Crippen LogP contribution in [0.15, 0.2) is 0 Å². The molecule has 2 N–H and O–H groups in total. The molecule has 0 aromatic carbocycles. The van der Waals surface area contributed by atoms with E-state index in [2.05, 4.69) is 34.1 Å². The van der Waals surface area contributed by atoms with Crippen molar-refractivity contribution in [3.05, 3.63) is 5.01 Å². The van der Waals surface area contributed by atoms with E-state index in [-0.39, 0.29) is 0 Å². The summed E-state index contributed by atoms with van der Waals surface area (Å²) < 4.78 is 26.3. The minimum absolute atomic E-state index is 0.341. The third-order valence-corrected chi connectivity index (χ3v) is 4.99. The maximum Gasteiger partial charge on any atom is 0.238 e. The highest BCUT2D eigenvalue weighted by Crippen LogP contribution is 2.20. The first kappa shape index (κ1) is 15.3. The van der Waals surface area contributed by atoms with E-state index in [1.54, 1.807) is 14.0 Å². The lowest BCUT2D eigenvalue weighted by Crippen LogP contribution is -2.33. The van der Waals surface area contributed by atoms with E-state index in [0.717, 1.165) is 11.4 Å². The molecule has 8 heteroatoms. The Morgan fingerprint density at radius 2 is 1.94 bits per heavy atom. The van der Waals surface area contributed by atoms with Gasteiger partial charge in [0.1, 0.15) is 5.01 Å². The molecule has 1 rings (SSSR count). The fourth-order valence-electron chi connectivity index (χ4n) is 1.35. The van der Waals surface area contributed by atoms with Gasteiger partial charge in [-0.3, -0.25) is 4.72 Å². The lowest BCUT2D eigenvalue weighted by Gasteiger charge is -2.11. The van der Waals surface area contributed by atoms with Crippen molar-refractivity contribution in [3.8, 4) is 0 Å². The van der Waals surface area contributed by atoms with Crippen LogP contribution >= 0.6 is 11.3 Å². The molecule has 18 heavy (non-hydrogen) atoms. The Morgan fingerprint density at radius 3 is 2.50 bits per heavy atom. The van der Waals surface area contributed by atoms with E-state index in [9.17, 15) is 8.42 Å². The van der Waals surface area contributed by atoms with Gasteiger partial charge < -0.3 is 5.32 Å². The predicted molar refractivity (Wildman–Crippen MR) is 74.4 cm³/mol. The van der Waals surface area contributed by atoms with Gasteiger partial charge in [0, 0.05) is 13.0 Å². The third-order valence-electron chi connectivity index (χ3n) is 2.30. The monoisotopic (exact) mass is 292 g/mol. The Kier molecular flexibility index (Phi) is 5.48. The molecule has 0 saturated carbocycles. The maximum absolute atomic E-state index is 11.9. The smallest absolute Gasteiger partial charge is 0.238 e. The van der Waals surface area contributed by atoms with Crippen molar-refractivity contribution in [1.82, 2.24) is 15.5 Å². The van der Waals surface area contributed by atoms with Crippen molar-refractivity contribution < 1.29 is 8.42 Å². The molecule has 0 aliphatic heterocycles. The lowest BCUT2D eigenvalue weighted by atomic mass is 10.1. The molecule has 0 bridgehead atoms. The van der Waals surface area contributed by atoms with Gasteiger partial charge in [-0.05, 0) is 19.9 Å². The topological polar surface area (TPSA) is 84.0 Å². The maximum atomic E-state index is 11.9. The van der Waals surface area contributed by atoms with Crippen molar-refractivity contribution in [1.29, 1.82) is 0 Å². The van der Waals surface area contributed by atoms with Gasteiger partial charge in [0.2, 0.25) is 15.2 Å². The molecule has 1 unspecified atom stereocenters. The summed E-state index contributed by atoms with van der Waals surface area (Å²) in [6.07, 6.45) is 0.811. The van der Waals surface area contributed by atoms with E-state index in [0.29, 0.717) is 17.6 Å². The molecule has 1 heterocycles. The van der Waals surface area contributed by atoms with Crippen molar-refractivity contribution in [2.24, 2.45) is 5.92 Å². The second-order valence-electron chi connectivity index (χ2n) is 4.61. The summed E-state index contributed by atoms with van der Waals surface area (Å²) >= 11 is 1.29. The molecule has 0 aliphatic carbocycles. The SMILES string of the molecule is CNCC(C)S(=O)(=O)Nc1nnc(CC(C)C)s1. The number of nitrogens with one attached hydrogen (secondary N) is 2. The summed E-state index contributed by atoms with van der Waals surface area (Å²) in [5.41, 5.74) is 0. The highest BCUT2D eigenvalue weighted by molar-refractivity contribution is 7.93. The van der Waals surface area contributed by atoms with Crippen LogP contribution < -0.4 is 10.0 Å². The molecule has 0 radical (unpaired) electrons. The molecule has 6 nitrogen and oxygen atoms in total. The van der Waals surface area contributed by atoms with Gasteiger partial charge >= 0.3 is 0 Å². The fourth-order valence-corrected chi connectivity index (χ4v) is 3.54. The van der Waals surface area contributed by atoms with Crippen LogP contribution in [0.2, 0.25) is 0 Å². The first-order chi connectivity index (χ1) is 8.35. The van der Waals surface area contributed by atoms with Crippen LogP contribution in [0.5, 0.6) is 0 Å². The zero-order valence-electron chi connectivity index (χ0n) is 11.1. The zero-order valence-corrected chi connectivity index (χ0v) is 12.7. The molecule has 1 aromatic heterocycles. The number of nitrogens with zero attached hydrogens (tertiary/aromatic N) is 2. The van der Waals surface area contributed by atoms with Crippen LogP contribution in [0.3, 0.4) is 0 Å². The van der Waals surface area contributed by atoms with E-state index < -0.39 is 15.3 Å². The number of sulfonamides is 1. The van der Waals surface area contributed by atoms with Crippen LogP contribution in [0.1, 0.15) is 25.8 Å². The largest absolute Gasteiger partial charge is 0.318 e. The molecule has 0 fully saturated rings. The Bertz CT molecular complexity index is 470. The van der Waals surface area contributed by atoms with Gasteiger partial charge in [-0.1, -0.05) is 25.2 Å². The minimum atomic E-state index is -3.40. The molecule has 0 aliphatic rings. The summed E-state index contributed by atoms with van der Waals surface area (Å²) in [6, 6.07) is 0. The minimum Gasteiger partial charge on any atom is -0.318 e. The Hall–Kier alpha value is -0.730. The number of aromatic nitrogens is 2. The summed E-state index contributed by atoms with van der Waals surface area (Å²) in [6.45, 7) is 6.21. The summed E-state index contributed by atoms with van der Waals surface area (Å²) in [5.74, 6) is 0.477. The van der Waals surface area contributed by atoms with Gasteiger partial charge in [0.25, 0.3) is 0 Å². The van der Waals surface area contributed by atoms with E-state index in [1.165, 1.54) is 11.3 Å². The molecule has 104 valence electrons. The van der Waals surface area contributed by atoms with Crippen molar-refractivity contribution >= 4 is 26.5 Å². The number of hydrogen-bond donors (Lipinski definition) is 2. The average Bonchev–Trinajstić information content (AvgIpc) is 2.64. The highest BCUT2D eigenvalue weighted by Gasteiger charge is 2.21. The lowest BCUT2D eigenvalue weighted by molar-refractivity contribution is 0.583. The molecule has 0 spiro atoms. The molecule has 1 aromatic rings. The van der Waals surface area contributed by atoms with Crippen LogP contribution in [0.25, 0.3) is 0 Å². The van der Waals surface area contributed by atoms with Gasteiger partial charge in [0.05, 0.1) is 5.25 Å². The van der Waals surface area contributed by atoms with Crippen LogP contribution in [-0.4, -0.2) is 37.5 Å². The first-order valence-electron chi connectivity index (χ1n) is 5.83. The first-order valence-corrected chi connectivity index (χ1v) is 8.20. The average molecular weight is 292 g/mol. The summed E-state index contributed by atoms with van der Waals surface area (Å²) in [4.78, 5) is 0. The van der Waals surface area contributed by atoms with E-state index in [4.69, 9.17) is 0 Å². The Labute approximate surface area is 112 Å². The van der Waals surface area contributed by atoms with Gasteiger partial charge in [0.15, 0.2) is 0 Å². The van der Waals surface area contributed by atoms with Crippen LogP contribution in [-0.2, 0) is 16.4 Å². The van der Waals surface area contributed by atoms with Gasteiger partial charge in [-0.2, -0.15) is 0 Å². The number of hydrogen-bond acceptors (Lipinski definition) is 6. The Balaban J connectivity index is 2.69. The van der Waals surface area contributed by atoms with Gasteiger partial charge in [-0.25, -0.2) is 8.42 Å². The van der Waals surface area contributed by atoms with Crippen molar-refractivity contribution in [3.63, 3.8) is 0 Å². The standard InChI is InChI=1S/C10H20N4O2S2/c1-7(2)5-9-12-13-10(17-9)14-18(15,16)8(3)6-11-4/h7-8,11H,5-6H2,1-4H3,(H,13,14). The van der Waals surface area contributed by atoms with E-state index >= 15 is 0 Å². The van der Waals surface area contributed by atoms with Gasteiger partial charge in [-0.15, -0.1) is 10.2 Å². The van der Waals surface area contributed by atoms with Crippen molar-refractivity contribution in [2.45, 2.75) is 32.4 Å². The Morgan fingerprint density at radius 1 is 1.28 bits per heavy atom. The normalized spacial score (nSPS) is 13.8.